The van der Waals surface area contributed by atoms with Crippen LogP contribution in [0.3, 0.4) is 0 Å². The van der Waals surface area contributed by atoms with Crippen molar-refractivity contribution in [2.75, 3.05) is 19.6 Å². The van der Waals surface area contributed by atoms with E-state index in [0.29, 0.717) is 0 Å². The van der Waals surface area contributed by atoms with Gasteiger partial charge in [0.1, 0.15) is 0 Å². The van der Waals surface area contributed by atoms with E-state index in [0.717, 1.165) is 43.4 Å². The van der Waals surface area contributed by atoms with Crippen molar-refractivity contribution in [2.24, 2.45) is 17.8 Å². The molecular formula is C22H40N2. The molecule has 138 valence electrons. The number of allylic oxidation sites excluding steroid dienone is 3. The van der Waals surface area contributed by atoms with E-state index in [1.54, 1.807) is 0 Å². The predicted molar refractivity (Wildman–Crippen MR) is 106 cm³/mol. The lowest BCUT2D eigenvalue weighted by Gasteiger charge is -2.44. The summed E-state index contributed by atoms with van der Waals surface area (Å²) in [6, 6.07) is 0.768. The van der Waals surface area contributed by atoms with Gasteiger partial charge in [-0.3, -0.25) is 0 Å². The predicted octanol–water partition coefficient (Wildman–Crippen LogP) is 5.07. The van der Waals surface area contributed by atoms with Crippen LogP contribution in [0.25, 0.3) is 0 Å². The maximum absolute atomic E-state index is 3.87. The Morgan fingerprint density at radius 1 is 1.04 bits per heavy atom. The summed E-state index contributed by atoms with van der Waals surface area (Å²) in [5.41, 5.74) is 2.93. The van der Waals surface area contributed by atoms with Crippen LogP contribution in [0.1, 0.15) is 72.6 Å². The summed E-state index contributed by atoms with van der Waals surface area (Å²) in [4.78, 5) is 0. The van der Waals surface area contributed by atoms with Crippen LogP contribution >= 0.6 is 0 Å². The van der Waals surface area contributed by atoms with E-state index in [1.807, 2.05) is 0 Å². The molecule has 0 aromatic rings. The van der Waals surface area contributed by atoms with Crippen LogP contribution in [0.2, 0.25) is 0 Å². The summed E-state index contributed by atoms with van der Waals surface area (Å²) < 4.78 is 0. The number of hydrogen-bond donors (Lipinski definition) is 2. The van der Waals surface area contributed by atoms with Gasteiger partial charge in [-0.2, -0.15) is 0 Å². The monoisotopic (exact) mass is 332 g/mol. The maximum Gasteiger partial charge on any atom is 0.0137 e. The van der Waals surface area contributed by atoms with E-state index < -0.39 is 0 Å². The van der Waals surface area contributed by atoms with Crippen molar-refractivity contribution < 1.29 is 0 Å². The molecule has 2 aliphatic rings. The van der Waals surface area contributed by atoms with Crippen molar-refractivity contribution in [2.45, 2.75) is 78.7 Å². The van der Waals surface area contributed by atoms with E-state index in [1.165, 1.54) is 56.1 Å². The minimum atomic E-state index is 0.768. The van der Waals surface area contributed by atoms with E-state index >= 15 is 0 Å². The average Bonchev–Trinajstić information content (AvgIpc) is 2.53. The van der Waals surface area contributed by atoms with Crippen molar-refractivity contribution in [3.05, 3.63) is 23.3 Å². The van der Waals surface area contributed by atoms with Gasteiger partial charge in [0.15, 0.2) is 0 Å². The first-order valence-corrected chi connectivity index (χ1v) is 10.3. The summed E-state index contributed by atoms with van der Waals surface area (Å²) >= 11 is 0. The van der Waals surface area contributed by atoms with Gasteiger partial charge in [-0.15, -0.1) is 0 Å². The lowest BCUT2D eigenvalue weighted by Crippen LogP contribution is -2.49. The molecule has 0 radical (unpaired) electrons. The third-order valence-corrected chi connectivity index (χ3v) is 6.02. The Bertz CT molecular complexity index is 418. The highest BCUT2D eigenvalue weighted by Crippen LogP contribution is 2.42. The van der Waals surface area contributed by atoms with Gasteiger partial charge < -0.3 is 10.6 Å². The van der Waals surface area contributed by atoms with Crippen molar-refractivity contribution in [3.8, 4) is 0 Å². The molecule has 2 nitrogen and oxygen atoms in total. The Kier molecular flexibility index (Phi) is 8.55. The highest BCUT2D eigenvalue weighted by molar-refractivity contribution is 5.02. The number of hydrogen-bond acceptors (Lipinski definition) is 2. The van der Waals surface area contributed by atoms with Crippen LogP contribution < -0.4 is 10.6 Å². The Labute approximate surface area is 150 Å². The summed E-state index contributed by atoms with van der Waals surface area (Å²) in [5, 5.41) is 7.44. The van der Waals surface area contributed by atoms with Gasteiger partial charge >= 0.3 is 0 Å². The fraction of sp³-hybridized carbons (Fsp3) is 0.818. The Morgan fingerprint density at radius 3 is 2.67 bits per heavy atom. The quantitative estimate of drug-likeness (QED) is 0.455. The maximum atomic E-state index is 3.87. The standard InChI is InChI=1S/C22H40N2/c1-17(2)7-5-8-18(3)11-12-23-13-14-24-22-19(4)15-20-9-6-10-21(22)16-20/h7,11,19-24H,5-6,8-10,12-16H2,1-4H3/b18-11+. The molecular weight excluding hydrogens is 292 g/mol. The first kappa shape index (κ1) is 19.7. The van der Waals surface area contributed by atoms with Crippen LogP contribution in [0, 0.1) is 17.8 Å². The van der Waals surface area contributed by atoms with Gasteiger partial charge in [0.2, 0.25) is 0 Å². The zero-order valence-corrected chi connectivity index (χ0v) is 16.5. The Morgan fingerprint density at radius 2 is 1.88 bits per heavy atom. The van der Waals surface area contributed by atoms with Crippen LogP contribution in [-0.2, 0) is 0 Å². The summed E-state index contributed by atoms with van der Waals surface area (Å²) in [7, 11) is 0. The van der Waals surface area contributed by atoms with Gasteiger partial charge in [-0.1, -0.05) is 43.1 Å². The van der Waals surface area contributed by atoms with Crippen LogP contribution in [0.4, 0.5) is 0 Å². The fourth-order valence-corrected chi connectivity index (χ4v) is 4.74. The van der Waals surface area contributed by atoms with Crippen molar-refractivity contribution >= 4 is 0 Å². The minimum absolute atomic E-state index is 0.768. The molecule has 0 saturated heterocycles. The summed E-state index contributed by atoms with van der Waals surface area (Å²) in [6.07, 6.45) is 14.4. The molecule has 0 aliphatic heterocycles. The average molecular weight is 333 g/mol. The van der Waals surface area contributed by atoms with E-state index in [-0.39, 0.29) is 0 Å². The molecule has 2 bridgehead atoms. The lowest BCUT2D eigenvalue weighted by atomic mass is 9.66. The normalized spacial score (nSPS) is 30.2. The first-order valence-electron chi connectivity index (χ1n) is 10.3. The molecule has 0 aromatic carbocycles. The summed E-state index contributed by atoms with van der Waals surface area (Å²) in [6.45, 7) is 12.3. The molecule has 2 aliphatic carbocycles. The van der Waals surface area contributed by atoms with Crippen LogP contribution in [-0.4, -0.2) is 25.7 Å². The fourth-order valence-electron chi connectivity index (χ4n) is 4.74. The zero-order chi connectivity index (χ0) is 17.4. The second-order valence-electron chi connectivity index (χ2n) is 8.56. The van der Waals surface area contributed by atoms with Crippen molar-refractivity contribution in [1.29, 1.82) is 0 Å². The smallest absolute Gasteiger partial charge is 0.0137 e. The topological polar surface area (TPSA) is 24.1 Å². The van der Waals surface area contributed by atoms with Gasteiger partial charge in [0, 0.05) is 25.7 Å². The largest absolute Gasteiger partial charge is 0.312 e. The molecule has 2 rings (SSSR count). The lowest BCUT2D eigenvalue weighted by molar-refractivity contribution is 0.0976. The SMILES string of the molecule is CC(C)=CCC/C(C)=C/CNCCNC1C(C)CC2CCCC1C2. The van der Waals surface area contributed by atoms with E-state index in [9.17, 15) is 0 Å². The van der Waals surface area contributed by atoms with Gasteiger partial charge in [-0.05, 0) is 70.6 Å². The van der Waals surface area contributed by atoms with Crippen molar-refractivity contribution in [1.82, 2.24) is 10.6 Å². The molecule has 0 spiro atoms. The van der Waals surface area contributed by atoms with E-state index in [2.05, 4.69) is 50.5 Å². The highest BCUT2D eigenvalue weighted by Gasteiger charge is 2.37. The van der Waals surface area contributed by atoms with Gasteiger partial charge in [0.05, 0.1) is 0 Å². The molecule has 2 N–H and O–H groups in total. The number of rotatable bonds is 9. The van der Waals surface area contributed by atoms with Gasteiger partial charge in [-0.25, -0.2) is 0 Å². The van der Waals surface area contributed by atoms with Gasteiger partial charge in [0.25, 0.3) is 0 Å². The Balaban J connectivity index is 1.57. The van der Waals surface area contributed by atoms with Crippen molar-refractivity contribution in [3.63, 3.8) is 0 Å². The molecule has 0 amide bonds. The second-order valence-corrected chi connectivity index (χ2v) is 8.56. The second kappa shape index (κ2) is 10.4. The molecule has 0 heterocycles. The minimum Gasteiger partial charge on any atom is -0.312 e. The first-order chi connectivity index (χ1) is 11.6. The molecule has 4 unspecified atom stereocenters. The molecule has 2 saturated carbocycles. The third-order valence-electron chi connectivity index (χ3n) is 6.02. The van der Waals surface area contributed by atoms with Crippen LogP contribution in [0.5, 0.6) is 0 Å². The zero-order valence-electron chi connectivity index (χ0n) is 16.5. The molecule has 0 aromatic heterocycles. The molecule has 24 heavy (non-hydrogen) atoms. The number of nitrogens with one attached hydrogen (secondary N) is 2. The number of fused-ring (bicyclic) bond motifs is 2. The molecule has 2 heteroatoms. The summed E-state index contributed by atoms with van der Waals surface area (Å²) in [5.74, 6) is 2.85. The van der Waals surface area contributed by atoms with E-state index in [4.69, 9.17) is 0 Å². The molecule has 2 fully saturated rings. The third kappa shape index (κ3) is 6.72. The highest BCUT2D eigenvalue weighted by atomic mass is 15.0. The van der Waals surface area contributed by atoms with Crippen LogP contribution in [0.15, 0.2) is 23.3 Å². The Hall–Kier alpha value is -0.600. The molecule has 4 atom stereocenters.